The molecular weight excluding hydrogens is 628 g/mol. The SMILES string of the molecule is CN=C(N)NO[C@H]1[C@H](O)[C@H](COC(=O)[C@@H](CNC)C(=O)O)O[C@@H](O)[C@@H]1OOc1ccc2c(c1)[C@@H]1Oc3cc4c(cc3[C@H]1CO2)OCO4. The molecule has 18 nitrogen and oxygen atoms in total. The standard InChI is InChI=1S/C29H34N4O14/c1-31-8-15(26(35)36)27(37)40-10-21-22(34)24(45-33-29(30)32-2)25(28(38)44-21)47-46-12-3-4-17-14(5-12)23-16(9-39-17)13-6-19-20(42-11-41-19)7-18(13)43-23/h3-7,15-16,21-25,28,31,34,38H,8-11H2,1-2H3,(H,35,36)(H3,30,32,33)/t15-,16+,21-,22+,23-,24-,25+,28+/m0/s1. The van der Waals surface area contributed by atoms with E-state index in [1.54, 1.807) is 24.3 Å². The van der Waals surface area contributed by atoms with E-state index < -0.39 is 61.3 Å². The summed E-state index contributed by atoms with van der Waals surface area (Å²) in [5.74, 6) is -1.60. The zero-order valence-electron chi connectivity index (χ0n) is 25.2. The molecule has 1 fully saturated rings. The Kier molecular flexibility index (Phi) is 9.39. The second-order valence-electron chi connectivity index (χ2n) is 11.0. The second-order valence-corrected chi connectivity index (χ2v) is 11.0. The van der Waals surface area contributed by atoms with Crippen LogP contribution in [0.3, 0.4) is 0 Å². The van der Waals surface area contributed by atoms with Crippen molar-refractivity contribution in [3.05, 3.63) is 41.5 Å². The highest BCUT2D eigenvalue weighted by Crippen LogP contribution is 2.54. The van der Waals surface area contributed by atoms with Crippen LogP contribution in [0.15, 0.2) is 35.3 Å². The molecular formula is C29H34N4O14. The number of hydrogen-bond donors (Lipinski definition) is 6. The minimum atomic E-state index is -1.79. The molecule has 7 N–H and O–H groups in total. The van der Waals surface area contributed by atoms with Crippen LogP contribution in [0.5, 0.6) is 28.7 Å². The molecule has 0 amide bonds. The van der Waals surface area contributed by atoms with Gasteiger partial charge in [0, 0.05) is 30.8 Å². The number of nitrogens with one attached hydrogen (secondary N) is 2. The summed E-state index contributed by atoms with van der Waals surface area (Å²) in [6.07, 6.45) is -8.08. The zero-order valence-corrected chi connectivity index (χ0v) is 25.2. The highest BCUT2D eigenvalue weighted by Gasteiger charge is 2.49. The van der Waals surface area contributed by atoms with Crippen molar-refractivity contribution in [3.8, 4) is 28.7 Å². The predicted molar refractivity (Wildman–Crippen MR) is 155 cm³/mol. The minimum Gasteiger partial charge on any atom is -0.492 e. The first kappa shape index (κ1) is 32.4. The molecule has 4 heterocycles. The van der Waals surface area contributed by atoms with Crippen LogP contribution < -0.4 is 40.4 Å². The first-order chi connectivity index (χ1) is 22.7. The van der Waals surface area contributed by atoms with Gasteiger partial charge in [0.25, 0.3) is 0 Å². The van der Waals surface area contributed by atoms with Crippen LogP contribution in [0.1, 0.15) is 23.1 Å². The third-order valence-electron chi connectivity index (χ3n) is 8.04. The monoisotopic (exact) mass is 662 g/mol. The Labute approximate surface area is 267 Å². The summed E-state index contributed by atoms with van der Waals surface area (Å²) in [5, 5.41) is 33.8. The van der Waals surface area contributed by atoms with Gasteiger partial charge in [0.1, 0.15) is 42.5 Å². The lowest BCUT2D eigenvalue weighted by molar-refractivity contribution is -0.372. The average molecular weight is 663 g/mol. The van der Waals surface area contributed by atoms with Crippen LogP contribution in [0, 0.1) is 5.92 Å². The van der Waals surface area contributed by atoms with E-state index >= 15 is 0 Å². The zero-order chi connectivity index (χ0) is 33.2. The number of aliphatic carboxylic acids is 1. The lowest BCUT2D eigenvalue weighted by Crippen LogP contribution is -2.62. The molecule has 6 rings (SSSR count). The molecule has 0 radical (unpaired) electrons. The normalized spacial score (nSPS) is 27.7. The number of benzene rings is 2. The lowest BCUT2D eigenvalue weighted by atomic mass is 9.89. The van der Waals surface area contributed by atoms with E-state index in [4.69, 9.17) is 48.8 Å². The summed E-state index contributed by atoms with van der Waals surface area (Å²) in [4.78, 5) is 44.1. The molecule has 254 valence electrons. The first-order valence-corrected chi connectivity index (χ1v) is 14.6. The summed E-state index contributed by atoms with van der Waals surface area (Å²) < 4.78 is 33.8. The number of aliphatic hydroxyl groups is 2. The number of carboxylic acid groups (broad SMARTS) is 1. The van der Waals surface area contributed by atoms with E-state index in [0.29, 0.717) is 35.2 Å². The topological polar surface area (TPSA) is 240 Å². The predicted octanol–water partition coefficient (Wildman–Crippen LogP) is -0.920. The number of esters is 1. The van der Waals surface area contributed by atoms with Crippen LogP contribution in [0.2, 0.25) is 0 Å². The number of fused-ring (bicyclic) bond motifs is 6. The van der Waals surface area contributed by atoms with E-state index in [9.17, 15) is 24.9 Å². The Morgan fingerprint density at radius 2 is 1.85 bits per heavy atom. The number of carbonyl (C=O) groups excluding carboxylic acids is 1. The Morgan fingerprint density at radius 3 is 2.60 bits per heavy atom. The molecule has 4 aliphatic heterocycles. The number of carboxylic acids is 1. The van der Waals surface area contributed by atoms with E-state index in [-0.39, 0.29) is 31.0 Å². The molecule has 0 aromatic heterocycles. The van der Waals surface area contributed by atoms with E-state index in [1.807, 2.05) is 6.07 Å². The summed E-state index contributed by atoms with van der Waals surface area (Å²) in [6.45, 7) is -0.287. The van der Waals surface area contributed by atoms with Gasteiger partial charge in [-0.05, 0) is 31.3 Å². The van der Waals surface area contributed by atoms with Gasteiger partial charge in [-0.15, -0.1) is 0 Å². The van der Waals surface area contributed by atoms with Gasteiger partial charge in [-0.1, -0.05) is 0 Å². The quantitative estimate of drug-likeness (QED) is 0.0426. The summed E-state index contributed by atoms with van der Waals surface area (Å²) in [6, 6.07) is 8.60. The number of nitrogens with zero attached hydrogens (tertiary/aromatic N) is 1. The van der Waals surface area contributed by atoms with Crippen LogP contribution in [-0.4, -0.2) is 105 Å². The molecule has 0 aliphatic carbocycles. The summed E-state index contributed by atoms with van der Waals surface area (Å²) in [5.41, 5.74) is 9.60. The lowest BCUT2D eigenvalue weighted by Gasteiger charge is -2.40. The fourth-order valence-corrected chi connectivity index (χ4v) is 5.59. The average Bonchev–Trinajstić information content (AvgIpc) is 3.68. The Morgan fingerprint density at radius 1 is 1.06 bits per heavy atom. The molecule has 0 unspecified atom stereocenters. The maximum atomic E-state index is 12.4. The van der Waals surface area contributed by atoms with Gasteiger partial charge in [0.05, 0.1) is 12.5 Å². The molecule has 1 saturated heterocycles. The van der Waals surface area contributed by atoms with Crippen LogP contribution >= 0.6 is 0 Å². The van der Waals surface area contributed by atoms with E-state index in [1.165, 1.54) is 14.1 Å². The van der Waals surface area contributed by atoms with Crippen molar-refractivity contribution in [2.75, 3.05) is 40.6 Å². The van der Waals surface area contributed by atoms with Crippen molar-refractivity contribution in [2.45, 2.75) is 42.7 Å². The molecule has 0 spiro atoms. The van der Waals surface area contributed by atoms with Crippen LogP contribution in [0.4, 0.5) is 0 Å². The van der Waals surface area contributed by atoms with Gasteiger partial charge in [-0.25, -0.2) is 5.48 Å². The maximum absolute atomic E-state index is 12.4. The van der Waals surface area contributed by atoms with E-state index in [2.05, 4.69) is 15.8 Å². The third kappa shape index (κ3) is 6.51. The molecule has 47 heavy (non-hydrogen) atoms. The molecule has 2 aromatic carbocycles. The van der Waals surface area contributed by atoms with Crippen molar-refractivity contribution in [2.24, 2.45) is 16.6 Å². The number of hydroxylamine groups is 1. The van der Waals surface area contributed by atoms with Crippen LogP contribution in [-0.2, 0) is 28.8 Å². The number of hydrogen-bond acceptors (Lipinski definition) is 15. The fourth-order valence-electron chi connectivity index (χ4n) is 5.59. The van der Waals surface area contributed by atoms with E-state index in [0.717, 1.165) is 5.56 Å². The largest absolute Gasteiger partial charge is 0.492 e. The Hall–Kier alpha value is -4.59. The Bertz CT molecular complexity index is 1520. The summed E-state index contributed by atoms with van der Waals surface area (Å²) in [7, 11) is 2.86. The van der Waals surface area contributed by atoms with Gasteiger partial charge >= 0.3 is 11.9 Å². The van der Waals surface area contributed by atoms with Gasteiger partial charge in [0.15, 0.2) is 35.6 Å². The second kappa shape index (κ2) is 13.6. The molecule has 0 saturated carbocycles. The number of nitrogens with two attached hydrogens (primary N) is 1. The minimum absolute atomic E-state index is 0.128. The highest BCUT2D eigenvalue weighted by atomic mass is 17.2. The third-order valence-corrected chi connectivity index (χ3v) is 8.04. The smallest absolute Gasteiger partial charge is 0.321 e. The fraction of sp³-hybridized carbons (Fsp3) is 0.483. The van der Waals surface area contributed by atoms with Gasteiger partial charge in [-0.3, -0.25) is 19.4 Å². The number of guanidine groups is 1. The molecule has 8 atom stereocenters. The van der Waals surface area contributed by atoms with Crippen LogP contribution in [0.25, 0.3) is 0 Å². The van der Waals surface area contributed by atoms with Crippen molar-refractivity contribution in [1.82, 2.24) is 10.8 Å². The van der Waals surface area contributed by atoms with Gasteiger partial charge < -0.3 is 59.7 Å². The van der Waals surface area contributed by atoms with Crippen molar-refractivity contribution in [1.29, 1.82) is 0 Å². The first-order valence-electron chi connectivity index (χ1n) is 14.6. The molecule has 18 heteroatoms. The molecule has 0 bridgehead atoms. The number of aliphatic hydroxyl groups excluding tert-OH is 2. The highest BCUT2D eigenvalue weighted by molar-refractivity contribution is 5.94. The van der Waals surface area contributed by atoms with Crippen molar-refractivity contribution >= 4 is 17.9 Å². The van der Waals surface area contributed by atoms with Gasteiger partial charge in [0.2, 0.25) is 12.8 Å². The maximum Gasteiger partial charge on any atom is 0.321 e. The Balaban J connectivity index is 1.14. The number of aliphatic imine (C=N–C) groups is 1. The number of rotatable bonds is 11. The van der Waals surface area contributed by atoms with Crippen molar-refractivity contribution in [3.63, 3.8) is 0 Å². The number of carbonyl (C=O) groups is 2. The van der Waals surface area contributed by atoms with Gasteiger partial charge in [-0.2, -0.15) is 4.89 Å². The number of ether oxygens (including phenoxy) is 6. The molecule has 2 aromatic rings. The molecule has 4 aliphatic rings. The van der Waals surface area contributed by atoms with Crippen molar-refractivity contribution < 1.29 is 67.9 Å². The summed E-state index contributed by atoms with van der Waals surface area (Å²) >= 11 is 0.